The summed E-state index contributed by atoms with van der Waals surface area (Å²) >= 11 is 0. The standard InChI is InChI=1S/C21H28O13.C21H20O12/c22-10-4-1-9(2-5-10)3-6-13(23)31-7-12-15(25)17(27)19(29)21(34-12)32-8-11-14(24)16(26)18(28)20(30)33-11;22-6-13-15(27)17(29)18(30)21(32-13)33-20-16(28)14-11(26)4-8(23)5-12(14)31-19(20)7-1-2-9(24)10(25)3-7/h1-6,11-12,14-22,24-30H,7-8H2;1-5,13,15,17-18,21-27,29-30H,6H2/b6-3+;/t11-,12-,14-,15-,16+,17+,18-,19-,20-,21-;13-,15-,17+,18-,21+/m11/s1. The fraction of sp³-hybridized carbons (Fsp3) is 0.429. The van der Waals surface area contributed by atoms with Gasteiger partial charge in [0.2, 0.25) is 17.5 Å². The van der Waals surface area contributed by atoms with Gasteiger partial charge < -0.3 is 115 Å². The molecule has 3 fully saturated rings. The van der Waals surface area contributed by atoms with Gasteiger partial charge in [0, 0.05) is 23.8 Å². The molecule has 3 aliphatic rings. The maximum Gasteiger partial charge on any atom is 0.330 e. The highest BCUT2D eigenvalue weighted by molar-refractivity contribution is 5.88. The molecule has 0 aliphatic carbocycles. The Bertz CT molecular complexity index is 2410. The molecular weight excluding hydrogens is 904 g/mol. The number of aliphatic hydroxyl groups is 11. The Hall–Kier alpha value is -5.72. The number of hydrogen-bond acceptors (Lipinski definition) is 25. The molecule has 7 rings (SSSR count). The average Bonchev–Trinajstić information content (AvgIpc) is 3.29. The lowest BCUT2D eigenvalue weighted by Gasteiger charge is -2.42. The van der Waals surface area contributed by atoms with E-state index in [2.05, 4.69) is 0 Å². The van der Waals surface area contributed by atoms with Crippen LogP contribution in [-0.4, -0.2) is 200 Å². The largest absolute Gasteiger partial charge is 0.508 e. The Morgan fingerprint density at radius 2 is 1.19 bits per heavy atom. The Morgan fingerprint density at radius 1 is 0.597 bits per heavy atom. The summed E-state index contributed by atoms with van der Waals surface area (Å²) in [6, 6.07) is 11.4. The molecule has 1 aromatic heterocycles. The van der Waals surface area contributed by atoms with Crippen molar-refractivity contribution in [1.29, 1.82) is 0 Å². The second kappa shape index (κ2) is 21.5. The molecule has 3 aliphatic heterocycles. The lowest BCUT2D eigenvalue weighted by molar-refractivity contribution is -0.326. The van der Waals surface area contributed by atoms with Gasteiger partial charge in [0.15, 0.2) is 29.8 Å². The van der Waals surface area contributed by atoms with Gasteiger partial charge in [0.25, 0.3) is 0 Å². The molecule has 3 aromatic carbocycles. The molecule has 67 heavy (non-hydrogen) atoms. The van der Waals surface area contributed by atoms with Crippen molar-refractivity contribution in [3.05, 3.63) is 76.5 Å². The van der Waals surface area contributed by atoms with Crippen LogP contribution in [0.2, 0.25) is 0 Å². The molecule has 4 heterocycles. The van der Waals surface area contributed by atoms with Crippen molar-refractivity contribution < 1.29 is 119 Å². The molecule has 25 nitrogen and oxygen atoms in total. The van der Waals surface area contributed by atoms with Gasteiger partial charge in [-0.2, -0.15) is 0 Å². The van der Waals surface area contributed by atoms with Gasteiger partial charge >= 0.3 is 5.97 Å². The number of fused-ring (bicyclic) bond motifs is 1. The molecule has 4 aromatic rings. The highest BCUT2D eigenvalue weighted by Crippen LogP contribution is 2.39. The summed E-state index contributed by atoms with van der Waals surface area (Å²) in [5.74, 6) is -3.77. The third kappa shape index (κ3) is 11.4. The number of ether oxygens (including phenoxy) is 6. The summed E-state index contributed by atoms with van der Waals surface area (Å²) < 4.78 is 37.1. The van der Waals surface area contributed by atoms with Gasteiger partial charge in [0.05, 0.1) is 13.2 Å². The number of carbonyl (C=O) groups excluding carboxylic acids is 1. The minimum absolute atomic E-state index is 0.0201. The number of aromatic hydroxyl groups is 5. The van der Waals surface area contributed by atoms with Crippen LogP contribution in [0.15, 0.2) is 69.9 Å². The first-order chi connectivity index (χ1) is 31.7. The van der Waals surface area contributed by atoms with Crippen molar-refractivity contribution in [1.82, 2.24) is 0 Å². The molecular formula is C42H48O25. The summed E-state index contributed by atoms with van der Waals surface area (Å²) in [4.78, 5) is 25.2. The molecule has 0 radical (unpaired) electrons. The van der Waals surface area contributed by atoms with E-state index in [-0.39, 0.29) is 28.0 Å². The topological polar surface area (TPSA) is 426 Å². The summed E-state index contributed by atoms with van der Waals surface area (Å²) in [6.45, 7) is -1.78. The van der Waals surface area contributed by atoms with Gasteiger partial charge in [0.1, 0.15) is 108 Å². The van der Waals surface area contributed by atoms with Gasteiger partial charge in [-0.25, -0.2) is 4.79 Å². The van der Waals surface area contributed by atoms with Crippen LogP contribution in [0.25, 0.3) is 28.4 Å². The maximum absolute atomic E-state index is 13.2. The zero-order valence-corrected chi connectivity index (χ0v) is 34.5. The van der Waals surface area contributed by atoms with Gasteiger partial charge in [-0.1, -0.05) is 12.1 Å². The SMILES string of the molecule is O=C(/C=C/c1ccc(O)cc1)OC[C@H]1O[C@@H](OC[C@H]2O[C@@H](O)[C@H](O)[C@@H](O)[C@@H]2O)[C@H](O)[C@@H](O)[C@@H]1O.O=c1c(O[C@@H]2O[C@H](CO)[C@@H](O)[C@H](O)[C@H]2O)c(-c2ccc(O)c(O)c2)oc2cc(O)cc(O)c12. The first-order valence-electron chi connectivity index (χ1n) is 20.1. The minimum atomic E-state index is -1.85. The molecule has 16 N–H and O–H groups in total. The molecule has 0 amide bonds. The fourth-order valence-electron chi connectivity index (χ4n) is 6.92. The maximum atomic E-state index is 13.2. The normalized spacial score (nSPS) is 32.1. The van der Waals surface area contributed by atoms with E-state index in [0.717, 1.165) is 30.3 Å². The Morgan fingerprint density at radius 3 is 1.84 bits per heavy atom. The zero-order valence-electron chi connectivity index (χ0n) is 34.5. The number of aliphatic hydroxyl groups excluding tert-OH is 11. The van der Waals surface area contributed by atoms with E-state index in [4.69, 9.17) is 32.8 Å². The first kappa shape index (κ1) is 50.7. The smallest absolute Gasteiger partial charge is 0.330 e. The molecule has 366 valence electrons. The summed E-state index contributed by atoms with van der Waals surface area (Å²) in [5, 5.41) is 157. The molecule has 0 saturated carbocycles. The predicted octanol–water partition coefficient (Wildman–Crippen LogP) is -3.97. The van der Waals surface area contributed by atoms with Crippen LogP contribution in [-0.2, 0) is 28.5 Å². The number of phenolic OH excluding ortho intramolecular Hbond substituents is 5. The summed E-state index contributed by atoms with van der Waals surface area (Å²) in [5.41, 5.74) is -0.577. The predicted molar refractivity (Wildman–Crippen MR) is 219 cm³/mol. The van der Waals surface area contributed by atoms with E-state index < -0.39 is 152 Å². The van der Waals surface area contributed by atoms with Gasteiger partial charge in [-0.05, 0) is 42.0 Å². The fourth-order valence-corrected chi connectivity index (χ4v) is 6.92. The van der Waals surface area contributed by atoms with E-state index in [1.54, 1.807) is 12.1 Å². The van der Waals surface area contributed by atoms with Crippen LogP contribution in [0.3, 0.4) is 0 Å². The molecule has 0 unspecified atom stereocenters. The Labute approximate surface area is 376 Å². The van der Waals surface area contributed by atoms with Crippen LogP contribution in [0.5, 0.6) is 34.5 Å². The minimum Gasteiger partial charge on any atom is -0.508 e. The average molecular weight is 953 g/mol. The highest BCUT2D eigenvalue weighted by Gasteiger charge is 2.48. The van der Waals surface area contributed by atoms with Crippen LogP contribution in [0.4, 0.5) is 0 Å². The van der Waals surface area contributed by atoms with E-state index in [9.17, 15) is 91.3 Å². The Balaban J connectivity index is 0.000000221. The second-order valence-corrected chi connectivity index (χ2v) is 15.4. The molecule has 3 saturated heterocycles. The van der Waals surface area contributed by atoms with E-state index in [0.29, 0.717) is 5.56 Å². The highest BCUT2D eigenvalue weighted by atomic mass is 16.7. The van der Waals surface area contributed by atoms with Crippen molar-refractivity contribution in [3.63, 3.8) is 0 Å². The quantitative estimate of drug-likeness (QED) is 0.0387. The van der Waals surface area contributed by atoms with Crippen molar-refractivity contribution in [2.75, 3.05) is 19.8 Å². The zero-order chi connectivity index (χ0) is 49.0. The molecule has 15 atom stereocenters. The lowest BCUT2D eigenvalue weighted by atomic mass is 9.98. The number of rotatable bonds is 11. The number of benzene rings is 3. The van der Waals surface area contributed by atoms with Gasteiger partial charge in [-0.3, -0.25) is 4.79 Å². The van der Waals surface area contributed by atoms with E-state index >= 15 is 0 Å². The lowest BCUT2D eigenvalue weighted by Crippen LogP contribution is -2.61. The summed E-state index contributed by atoms with van der Waals surface area (Å²) in [7, 11) is 0. The molecule has 25 heteroatoms. The number of phenols is 5. The Kier molecular flexibility index (Phi) is 16.3. The van der Waals surface area contributed by atoms with Crippen molar-refractivity contribution in [3.8, 4) is 45.8 Å². The van der Waals surface area contributed by atoms with E-state index in [1.807, 2.05) is 0 Å². The van der Waals surface area contributed by atoms with Gasteiger partial charge in [-0.15, -0.1) is 0 Å². The summed E-state index contributed by atoms with van der Waals surface area (Å²) in [6.07, 6.45) is -22.0. The van der Waals surface area contributed by atoms with Crippen LogP contribution in [0.1, 0.15) is 5.56 Å². The van der Waals surface area contributed by atoms with Crippen LogP contribution < -0.4 is 10.2 Å². The van der Waals surface area contributed by atoms with Crippen LogP contribution >= 0.6 is 0 Å². The number of esters is 1. The first-order valence-corrected chi connectivity index (χ1v) is 20.1. The molecule has 0 spiro atoms. The van der Waals surface area contributed by atoms with Crippen molar-refractivity contribution in [2.45, 2.75) is 92.1 Å². The third-order valence-corrected chi connectivity index (χ3v) is 10.7. The van der Waals surface area contributed by atoms with Crippen molar-refractivity contribution >= 4 is 23.0 Å². The van der Waals surface area contributed by atoms with E-state index in [1.165, 1.54) is 24.3 Å². The number of hydrogen-bond donors (Lipinski definition) is 16. The third-order valence-electron chi connectivity index (χ3n) is 10.7. The number of carbonyl (C=O) groups is 1. The monoisotopic (exact) mass is 952 g/mol. The molecule has 0 bridgehead atoms. The van der Waals surface area contributed by atoms with Crippen molar-refractivity contribution in [2.24, 2.45) is 0 Å². The van der Waals surface area contributed by atoms with Crippen LogP contribution in [0, 0.1) is 0 Å². The second-order valence-electron chi connectivity index (χ2n) is 15.4.